The maximum absolute atomic E-state index is 12.2. The van der Waals surface area contributed by atoms with Crippen molar-refractivity contribution in [3.63, 3.8) is 0 Å². The zero-order valence-corrected chi connectivity index (χ0v) is 13.2. The van der Waals surface area contributed by atoms with Gasteiger partial charge in [-0.15, -0.1) is 0 Å². The van der Waals surface area contributed by atoms with Crippen LogP contribution < -0.4 is 5.32 Å². The molecule has 0 spiro atoms. The van der Waals surface area contributed by atoms with Gasteiger partial charge in [-0.05, 0) is 13.8 Å². The summed E-state index contributed by atoms with van der Waals surface area (Å²) in [4.78, 5) is 16.4. The third-order valence-electron chi connectivity index (χ3n) is 4.12. The van der Waals surface area contributed by atoms with E-state index in [1.165, 1.54) is 0 Å². The number of hydrogen-bond acceptors (Lipinski definition) is 5. The van der Waals surface area contributed by atoms with Crippen LogP contribution in [0.25, 0.3) is 0 Å². The molecule has 2 aliphatic heterocycles. The number of rotatable bonds is 3. The van der Waals surface area contributed by atoms with Crippen molar-refractivity contribution in [3.05, 3.63) is 0 Å². The summed E-state index contributed by atoms with van der Waals surface area (Å²) in [6.07, 6.45) is 0.293. The van der Waals surface area contributed by atoms with Crippen LogP contribution in [0.4, 0.5) is 0 Å². The molecule has 2 heterocycles. The van der Waals surface area contributed by atoms with Crippen LogP contribution in [0, 0.1) is 0 Å². The van der Waals surface area contributed by atoms with Crippen LogP contribution in [-0.4, -0.2) is 80.4 Å². The normalized spacial score (nSPS) is 27.8. The van der Waals surface area contributed by atoms with Gasteiger partial charge in [-0.2, -0.15) is 0 Å². The Kier molecular flexibility index (Phi) is 5.04. The van der Waals surface area contributed by atoms with Crippen molar-refractivity contribution in [1.29, 1.82) is 0 Å². The van der Waals surface area contributed by atoms with Gasteiger partial charge in [0, 0.05) is 51.2 Å². The summed E-state index contributed by atoms with van der Waals surface area (Å²) in [5.41, 5.74) is 0. The Morgan fingerprint density at radius 1 is 1.25 bits per heavy atom. The maximum Gasteiger partial charge on any atom is 0.224 e. The Hall–Kier alpha value is -0.660. The molecule has 1 amide bonds. The number of sulfone groups is 1. The highest BCUT2D eigenvalue weighted by atomic mass is 32.2. The van der Waals surface area contributed by atoms with E-state index in [-0.39, 0.29) is 23.5 Å². The minimum Gasteiger partial charge on any atom is -0.340 e. The molecule has 2 saturated heterocycles. The first-order chi connectivity index (χ1) is 9.37. The van der Waals surface area contributed by atoms with Crippen LogP contribution in [0.15, 0.2) is 0 Å². The monoisotopic (exact) mass is 303 g/mol. The lowest BCUT2D eigenvalue weighted by Gasteiger charge is -2.37. The van der Waals surface area contributed by atoms with Crippen molar-refractivity contribution >= 4 is 15.7 Å². The van der Waals surface area contributed by atoms with E-state index >= 15 is 0 Å². The zero-order valence-electron chi connectivity index (χ0n) is 12.3. The molecule has 0 bridgehead atoms. The highest BCUT2D eigenvalue weighted by Gasteiger charge is 2.29. The van der Waals surface area contributed by atoms with Crippen LogP contribution in [0.2, 0.25) is 0 Å². The quantitative estimate of drug-likeness (QED) is 0.748. The second kappa shape index (κ2) is 6.41. The molecule has 1 N–H and O–H groups in total. The number of nitrogens with zero attached hydrogens (tertiary/aromatic N) is 2. The fourth-order valence-electron chi connectivity index (χ4n) is 2.83. The molecule has 2 fully saturated rings. The summed E-state index contributed by atoms with van der Waals surface area (Å²) in [5.74, 6) is 0.345. The molecule has 1 unspecified atom stereocenters. The molecule has 0 aromatic rings. The number of hydrogen-bond donors (Lipinski definition) is 1. The predicted octanol–water partition coefficient (Wildman–Crippen LogP) is -0.684. The smallest absolute Gasteiger partial charge is 0.224 e. The van der Waals surface area contributed by atoms with Gasteiger partial charge in [0.2, 0.25) is 5.91 Å². The highest BCUT2D eigenvalue weighted by Crippen LogP contribution is 2.10. The SMILES string of the molecule is CC(C)N1CCN(C(=O)CC2CS(=O)(=O)CCN2)CC1. The molecule has 2 rings (SSSR count). The molecule has 2 aliphatic rings. The van der Waals surface area contributed by atoms with E-state index in [2.05, 4.69) is 24.1 Å². The Morgan fingerprint density at radius 2 is 1.90 bits per heavy atom. The fourth-order valence-corrected chi connectivity index (χ4v) is 4.27. The first-order valence-corrected chi connectivity index (χ1v) is 9.15. The van der Waals surface area contributed by atoms with E-state index in [0.717, 1.165) is 26.2 Å². The van der Waals surface area contributed by atoms with E-state index in [1.807, 2.05) is 4.90 Å². The first-order valence-electron chi connectivity index (χ1n) is 7.33. The Morgan fingerprint density at radius 3 is 2.45 bits per heavy atom. The summed E-state index contributed by atoms with van der Waals surface area (Å²) in [6.45, 7) is 8.08. The third-order valence-corrected chi connectivity index (χ3v) is 5.86. The zero-order chi connectivity index (χ0) is 14.8. The van der Waals surface area contributed by atoms with E-state index in [4.69, 9.17) is 0 Å². The largest absolute Gasteiger partial charge is 0.340 e. The Balaban J connectivity index is 1.81. The molecule has 0 aliphatic carbocycles. The molecule has 20 heavy (non-hydrogen) atoms. The van der Waals surface area contributed by atoms with Crippen molar-refractivity contribution in [3.8, 4) is 0 Å². The van der Waals surface area contributed by atoms with Crippen LogP contribution in [0.5, 0.6) is 0 Å². The Labute approximate surface area is 121 Å². The van der Waals surface area contributed by atoms with Gasteiger partial charge in [-0.25, -0.2) is 8.42 Å². The number of amides is 1. The van der Waals surface area contributed by atoms with Crippen molar-refractivity contribution in [2.24, 2.45) is 0 Å². The van der Waals surface area contributed by atoms with Crippen LogP contribution >= 0.6 is 0 Å². The molecular formula is C13H25N3O3S. The lowest BCUT2D eigenvalue weighted by molar-refractivity contribution is -0.133. The van der Waals surface area contributed by atoms with Gasteiger partial charge in [0.1, 0.15) is 0 Å². The van der Waals surface area contributed by atoms with Crippen molar-refractivity contribution < 1.29 is 13.2 Å². The van der Waals surface area contributed by atoms with Gasteiger partial charge in [0.25, 0.3) is 0 Å². The molecule has 0 aromatic heterocycles. The van der Waals surface area contributed by atoms with Gasteiger partial charge < -0.3 is 10.2 Å². The number of piperazine rings is 1. The fraction of sp³-hybridized carbons (Fsp3) is 0.923. The Bertz CT molecular complexity index is 442. The minimum absolute atomic E-state index is 0.0722. The summed E-state index contributed by atoms with van der Waals surface area (Å²) in [6, 6.07) is 0.293. The number of carbonyl (C=O) groups is 1. The summed E-state index contributed by atoms with van der Waals surface area (Å²) in [7, 11) is -2.97. The summed E-state index contributed by atoms with van der Waals surface area (Å²) < 4.78 is 23.1. The molecule has 1 atom stereocenters. The minimum atomic E-state index is -2.97. The molecule has 0 saturated carbocycles. The van der Waals surface area contributed by atoms with Gasteiger partial charge in [-0.3, -0.25) is 9.69 Å². The lowest BCUT2D eigenvalue weighted by Crippen LogP contribution is -2.53. The number of carbonyl (C=O) groups excluding carboxylic acids is 1. The lowest BCUT2D eigenvalue weighted by atomic mass is 10.2. The van der Waals surface area contributed by atoms with Gasteiger partial charge in [-0.1, -0.05) is 0 Å². The summed E-state index contributed by atoms with van der Waals surface area (Å²) >= 11 is 0. The molecule has 7 heteroatoms. The van der Waals surface area contributed by atoms with Crippen LogP contribution in [0.1, 0.15) is 20.3 Å². The summed E-state index contributed by atoms with van der Waals surface area (Å²) in [5, 5.41) is 3.13. The average Bonchev–Trinajstić information content (AvgIpc) is 2.37. The predicted molar refractivity (Wildman–Crippen MR) is 78.4 cm³/mol. The van der Waals surface area contributed by atoms with Crippen molar-refractivity contribution in [2.45, 2.75) is 32.4 Å². The topological polar surface area (TPSA) is 69.7 Å². The molecule has 0 radical (unpaired) electrons. The highest BCUT2D eigenvalue weighted by molar-refractivity contribution is 7.91. The van der Waals surface area contributed by atoms with Gasteiger partial charge >= 0.3 is 0 Å². The van der Waals surface area contributed by atoms with E-state index in [9.17, 15) is 13.2 Å². The van der Waals surface area contributed by atoms with Crippen LogP contribution in [0.3, 0.4) is 0 Å². The molecular weight excluding hydrogens is 278 g/mol. The second-order valence-corrected chi connectivity index (χ2v) is 8.21. The molecule has 6 nitrogen and oxygen atoms in total. The standard InChI is InChI=1S/C13H25N3O3S/c1-11(2)15-4-6-16(7-5-15)13(17)9-12-10-20(18,19)8-3-14-12/h11-12,14H,3-10H2,1-2H3. The van der Waals surface area contributed by atoms with E-state index in [1.54, 1.807) is 0 Å². The van der Waals surface area contributed by atoms with Gasteiger partial charge in [0.15, 0.2) is 9.84 Å². The van der Waals surface area contributed by atoms with Crippen molar-refractivity contribution in [1.82, 2.24) is 15.1 Å². The van der Waals surface area contributed by atoms with E-state index in [0.29, 0.717) is 19.0 Å². The van der Waals surface area contributed by atoms with Crippen molar-refractivity contribution in [2.75, 3.05) is 44.2 Å². The van der Waals surface area contributed by atoms with Gasteiger partial charge in [0.05, 0.1) is 11.5 Å². The maximum atomic E-state index is 12.2. The second-order valence-electron chi connectivity index (χ2n) is 5.98. The first kappa shape index (κ1) is 15.7. The van der Waals surface area contributed by atoms with E-state index < -0.39 is 9.84 Å². The number of nitrogens with one attached hydrogen (secondary N) is 1. The third kappa shape index (κ3) is 4.17. The van der Waals surface area contributed by atoms with Crippen LogP contribution in [-0.2, 0) is 14.6 Å². The molecule has 116 valence electrons. The molecule has 0 aromatic carbocycles. The average molecular weight is 303 g/mol.